The molecule has 1 aromatic rings. The molecule has 0 saturated carbocycles. The molecule has 0 unspecified atom stereocenters. The van der Waals surface area contributed by atoms with Crippen LogP contribution in [-0.4, -0.2) is 17.4 Å². The molecule has 68 valence electrons. The third-order valence-corrected chi connectivity index (χ3v) is 1.84. The highest BCUT2D eigenvalue weighted by atomic mass is 17.4. The molecule has 1 fully saturated rings. The van der Waals surface area contributed by atoms with Crippen LogP contribution in [0, 0.1) is 0 Å². The van der Waals surface area contributed by atoms with Crippen molar-refractivity contribution in [1.29, 1.82) is 0 Å². The first-order valence-corrected chi connectivity index (χ1v) is 3.90. The minimum absolute atomic E-state index is 0.143. The first-order valence-electron chi connectivity index (χ1n) is 3.90. The summed E-state index contributed by atoms with van der Waals surface area (Å²) >= 11 is 0. The van der Waals surface area contributed by atoms with Gasteiger partial charge in [0.2, 0.25) is 6.29 Å². The quantitative estimate of drug-likeness (QED) is 0.561. The molecule has 0 bridgehead atoms. The summed E-state index contributed by atoms with van der Waals surface area (Å²) in [4.78, 5) is 19.6. The van der Waals surface area contributed by atoms with E-state index in [1.807, 2.05) is 0 Å². The van der Waals surface area contributed by atoms with Gasteiger partial charge < -0.3 is 5.11 Å². The average molecular weight is 180 g/mol. The first-order chi connectivity index (χ1) is 6.25. The SMILES string of the molecule is O=C(O)c1ccc(CC2OO2)cc1. The van der Waals surface area contributed by atoms with Gasteiger partial charge in [0.25, 0.3) is 0 Å². The van der Waals surface area contributed by atoms with E-state index in [1.54, 1.807) is 24.3 Å². The molecule has 0 aromatic heterocycles. The molecule has 4 heteroatoms. The van der Waals surface area contributed by atoms with Crippen LogP contribution < -0.4 is 0 Å². The van der Waals surface area contributed by atoms with Gasteiger partial charge in [0.05, 0.1) is 5.56 Å². The zero-order valence-corrected chi connectivity index (χ0v) is 6.77. The van der Waals surface area contributed by atoms with E-state index in [2.05, 4.69) is 9.78 Å². The molecule has 2 rings (SSSR count). The Morgan fingerprint density at radius 2 is 1.92 bits per heavy atom. The molecule has 1 aliphatic heterocycles. The predicted octanol–water partition coefficient (Wildman–Crippen LogP) is 1.22. The third kappa shape index (κ3) is 2.05. The number of benzene rings is 1. The molecular formula is C9H8O4. The fourth-order valence-electron chi connectivity index (χ4n) is 1.08. The first kappa shape index (κ1) is 8.22. The van der Waals surface area contributed by atoms with Crippen LogP contribution in [0.25, 0.3) is 0 Å². The van der Waals surface area contributed by atoms with Crippen molar-refractivity contribution in [2.75, 3.05) is 0 Å². The molecule has 0 spiro atoms. The van der Waals surface area contributed by atoms with Crippen molar-refractivity contribution in [1.82, 2.24) is 0 Å². The van der Waals surface area contributed by atoms with E-state index >= 15 is 0 Å². The number of carboxylic acids is 1. The lowest BCUT2D eigenvalue weighted by Gasteiger charge is -1.96. The molecule has 13 heavy (non-hydrogen) atoms. The molecule has 1 heterocycles. The maximum atomic E-state index is 10.5. The van der Waals surface area contributed by atoms with Gasteiger partial charge in [-0.1, -0.05) is 12.1 Å². The third-order valence-electron chi connectivity index (χ3n) is 1.84. The highest BCUT2D eigenvalue weighted by Crippen LogP contribution is 2.18. The Morgan fingerprint density at radius 3 is 2.38 bits per heavy atom. The van der Waals surface area contributed by atoms with E-state index in [0.29, 0.717) is 12.0 Å². The summed E-state index contributed by atoms with van der Waals surface area (Å²) in [7, 11) is 0. The molecule has 1 aromatic carbocycles. The maximum Gasteiger partial charge on any atom is 0.335 e. The Kier molecular flexibility index (Phi) is 2.00. The Bertz CT molecular complexity index is 313. The second-order valence-corrected chi connectivity index (χ2v) is 2.83. The minimum Gasteiger partial charge on any atom is -0.478 e. The number of rotatable bonds is 3. The van der Waals surface area contributed by atoms with Crippen LogP contribution in [0.2, 0.25) is 0 Å². The topological polar surface area (TPSA) is 62.4 Å². The molecule has 0 radical (unpaired) electrons. The van der Waals surface area contributed by atoms with Gasteiger partial charge in [0, 0.05) is 6.42 Å². The van der Waals surface area contributed by atoms with Crippen LogP contribution in [0.15, 0.2) is 24.3 Å². The molecule has 0 atom stereocenters. The van der Waals surface area contributed by atoms with Crippen LogP contribution in [0.1, 0.15) is 15.9 Å². The van der Waals surface area contributed by atoms with Crippen molar-refractivity contribution in [2.45, 2.75) is 12.7 Å². The number of aromatic carboxylic acids is 1. The summed E-state index contributed by atoms with van der Waals surface area (Å²) in [5.74, 6) is -0.912. The summed E-state index contributed by atoms with van der Waals surface area (Å²) in [6.07, 6.45) is 0.524. The minimum atomic E-state index is -0.912. The van der Waals surface area contributed by atoms with Gasteiger partial charge in [-0.2, -0.15) is 9.78 Å². The van der Waals surface area contributed by atoms with Crippen molar-refractivity contribution in [3.63, 3.8) is 0 Å². The lowest BCUT2D eigenvalue weighted by Crippen LogP contribution is -1.97. The Balaban J connectivity index is 2.08. The second-order valence-electron chi connectivity index (χ2n) is 2.83. The van der Waals surface area contributed by atoms with Crippen LogP contribution in [0.5, 0.6) is 0 Å². The summed E-state index contributed by atoms with van der Waals surface area (Å²) in [6, 6.07) is 6.66. The van der Waals surface area contributed by atoms with E-state index in [9.17, 15) is 4.79 Å². The van der Waals surface area contributed by atoms with E-state index in [1.165, 1.54) is 0 Å². The van der Waals surface area contributed by atoms with Gasteiger partial charge in [-0.25, -0.2) is 4.79 Å². The highest BCUT2D eigenvalue weighted by molar-refractivity contribution is 5.87. The summed E-state index contributed by atoms with van der Waals surface area (Å²) in [5, 5.41) is 8.62. The molecule has 1 aliphatic rings. The van der Waals surface area contributed by atoms with Gasteiger partial charge >= 0.3 is 5.97 Å². The standard InChI is InChI=1S/C9H8O4/c10-9(11)7-3-1-6(2-4-7)5-8-12-13-8/h1-4,8H,5H2,(H,10,11). The van der Waals surface area contributed by atoms with E-state index in [4.69, 9.17) is 5.11 Å². The van der Waals surface area contributed by atoms with Crippen molar-refractivity contribution >= 4 is 5.97 Å². The molecule has 0 aliphatic carbocycles. The smallest absolute Gasteiger partial charge is 0.335 e. The fourth-order valence-corrected chi connectivity index (χ4v) is 1.08. The zero-order chi connectivity index (χ0) is 9.26. The summed E-state index contributed by atoms with van der Waals surface area (Å²) in [5.41, 5.74) is 1.30. The van der Waals surface area contributed by atoms with Gasteiger partial charge in [0.1, 0.15) is 0 Å². The van der Waals surface area contributed by atoms with Gasteiger partial charge in [-0.15, -0.1) is 0 Å². The number of hydrogen-bond acceptors (Lipinski definition) is 3. The number of carbonyl (C=O) groups is 1. The summed E-state index contributed by atoms with van der Waals surface area (Å²) < 4.78 is 0. The van der Waals surface area contributed by atoms with E-state index < -0.39 is 5.97 Å². The van der Waals surface area contributed by atoms with Crippen molar-refractivity contribution in [3.8, 4) is 0 Å². The summed E-state index contributed by atoms with van der Waals surface area (Å²) in [6.45, 7) is 0. The van der Waals surface area contributed by atoms with Gasteiger partial charge in [-0.3, -0.25) is 0 Å². The van der Waals surface area contributed by atoms with Crippen LogP contribution in [-0.2, 0) is 16.2 Å². The molecular weight excluding hydrogens is 172 g/mol. The Morgan fingerprint density at radius 1 is 1.31 bits per heavy atom. The molecule has 1 N–H and O–H groups in total. The van der Waals surface area contributed by atoms with Crippen LogP contribution in [0.3, 0.4) is 0 Å². The maximum absolute atomic E-state index is 10.5. The predicted molar refractivity (Wildman–Crippen MR) is 43.1 cm³/mol. The largest absolute Gasteiger partial charge is 0.478 e. The zero-order valence-electron chi connectivity index (χ0n) is 6.77. The monoisotopic (exact) mass is 180 g/mol. The van der Waals surface area contributed by atoms with Crippen LogP contribution in [0.4, 0.5) is 0 Å². The van der Waals surface area contributed by atoms with Gasteiger partial charge in [0.15, 0.2) is 0 Å². The van der Waals surface area contributed by atoms with E-state index in [-0.39, 0.29) is 6.29 Å². The number of carboxylic acid groups (broad SMARTS) is 1. The lowest BCUT2D eigenvalue weighted by molar-refractivity contribution is 0.0697. The molecule has 0 amide bonds. The van der Waals surface area contributed by atoms with Crippen molar-refractivity contribution in [3.05, 3.63) is 35.4 Å². The number of hydrogen-bond donors (Lipinski definition) is 1. The Hall–Kier alpha value is -1.39. The van der Waals surface area contributed by atoms with Crippen LogP contribution >= 0.6 is 0 Å². The van der Waals surface area contributed by atoms with Crippen molar-refractivity contribution < 1.29 is 19.7 Å². The van der Waals surface area contributed by atoms with Crippen molar-refractivity contribution in [2.24, 2.45) is 0 Å². The molecule has 4 nitrogen and oxygen atoms in total. The van der Waals surface area contributed by atoms with E-state index in [0.717, 1.165) is 5.56 Å². The lowest BCUT2D eigenvalue weighted by atomic mass is 10.1. The molecule has 1 saturated heterocycles. The second kappa shape index (κ2) is 3.16. The van der Waals surface area contributed by atoms with Gasteiger partial charge in [-0.05, 0) is 17.7 Å². The fraction of sp³-hybridized carbons (Fsp3) is 0.222. The average Bonchev–Trinajstić information content (AvgIpc) is 2.89. The Labute approximate surface area is 74.6 Å². The highest BCUT2D eigenvalue weighted by Gasteiger charge is 2.25. The normalized spacial score (nSPS) is 15.7.